The first-order chi connectivity index (χ1) is 27.9. The number of rotatable bonds is 11. The van der Waals surface area contributed by atoms with E-state index in [0.29, 0.717) is 17.2 Å². The van der Waals surface area contributed by atoms with Gasteiger partial charge in [-0.3, -0.25) is 4.79 Å². The minimum Gasteiger partial charge on any atom is -0.497 e. The van der Waals surface area contributed by atoms with Gasteiger partial charge in [-0.05, 0) is 119 Å². The predicted octanol–water partition coefficient (Wildman–Crippen LogP) is 13.2. The highest BCUT2D eigenvalue weighted by Gasteiger charge is 2.35. The molecule has 5 aromatic rings. The molecule has 0 radical (unpaired) electrons. The van der Waals surface area contributed by atoms with Crippen molar-refractivity contribution in [3.05, 3.63) is 149 Å². The molecular weight excluding hydrogens is 737 g/mol. The Kier molecular flexibility index (Phi) is 14.4. The third-order valence-electron chi connectivity index (χ3n) is 11.4. The molecule has 0 heterocycles. The van der Waals surface area contributed by atoms with Gasteiger partial charge in [0.25, 0.3) is 0 Å². The van der Waals surface area contributed by atoms with Crippen LogP contribution in [0.4, 0.5) is 4.79 Å². The van der Waals surface area contributed by atoms with E-state index < -0.39 is 6.16 Å². The van der Waals surface area contributed by atoms with Crippen LogP contribution in [0.25, 0.3) is 0 Å². The fourth-order valence-electron chi connectivity index (χ4n) is 8.55. The van der Waals surface area contributed by atoms with Gasteiger partial charge in [0.2, 0.25) is 0 Å². The van der Waals surface area contributed by atoms with E-state index in [1.54, 1.807) is 50.6 Å². The quantitative estimate of drug-likeness (QED) is 0.0748. The van der Waals surface area contributed by atoms with Crippen LogP contribution in [-0.4, -0.2) is 26.3 Å². The molecule has 7 nitrogen and oxygen atoms in total. The first-order valence-electron chi connectivity index (χ1n) is 20.6. The highest BCUT2D eigenvalue weighted by molar-refractivity contribution is 5.69. The van der Waals surface area contributed by atoms with Crippen molar-refractivity contribution in [1.29, 1.82) is 0 Å². The normalized spacial score (nSPS) is 13.9. The van der Waals surface area contributed by atoms with Gasteiger partial charge < -0.3 is 23.7 Å². The molecule has 1 fully saturated rings. The van der Waals surface area contributed by atoms with Crippen molar-refractivity contribution in [1.82, 2.24) is 0 Å². The van der Waals surface area contributed by atoms with Crippen molar-refractivity contribution in [3.63, 3.8) is 0 Å². The SMILES string of the molecule is CC(=O)Oc1ccc(C(C)(C)c2ccc(OC(=O)Oc3ccc(C(C)(C)CC(C)(C)C)cc3)cc2)cc1.COc1ccc(C2(c3ccc(OC)cc3)CCCCC2)cc1. The lowest BCUT2D eigenvalue weighted by molar-refractivity contribution is -0.131. The lowest BCUT2D eigenvalue weighted by Crippen LogP contribution is -2.30. The number of esters is 1. The average Bonchev–Trinajstić information content (AvgIpc) is 3.21. The number of hydrogen-bond donors (Lipinski definition) is 0. The highest BCUT2D eigenvalue weighted by Crippen LogP contribution is 2.45. The van der Waals surface area contributed by atoms with Crippen LogP contribution in [0.3, 0.4) is 0 Å². The second-order valence-electron chi connectivity index (χ2n) is 18.0. The van der Waals surface area contributed by atoms with Crippen molar-refractivity contribution >= 4 is 12.1 Å². The zero-order valence-electron chi connectivity index (χ0n) is 36.6. The Morgan fingerprint density at radius 3 is 1.20 bits per heavy atom. The third kappa shape index (κ3) is 11.8. The van der Waals surface area contributed by atoms with Crippen molar-refractivity contribution in [2.45, 2.75) is 110 Å². The van der Waals surface area contributed by atoms with Gasteiger partial charge >= 0.3 is 12.1 Å². The van der Waals surface area contributed by atoms with E-state index in [2.05, 4.69) is 97.0 Å². The van der Waals surface area contributed by atoms with E-state index in [1.807, 2.05) is 36.4 Å². The molecule has 312 valence electrons. The van der Waals surface area contributed by atoms with Crippen molar-refractivity contribution in [2.75, 3.05) is 14.2 Å². The fourth-order valence-corrected chi connectivity index (χ4v) is 8.55. The number of carbonyl (C=O) groups is 2. The van der Waals surface area contributed by atoms with Crippen LogP contribution in [0.15, 0.2) is 121 Å². The van der Waals surface area contributed by atoms with Crippen LogP contribution >= 0.6 is 0 Å². The molecule has 0 bridgehead atoms. The zero-order valence-corrected chi connectivity index (χ0v) is 36.6. The number of benzene rings is 5. The molecule has 0 N–H and O–H groups in total. The molecule has 0 spiro atoms. The predicted molar refractivity (Wildman–Crippen MR) is 236 cm³/mol. The molecule has 7 heteroatoms. The smallest absolute Gasteiger partial charge is 0.497 e. The van der Waals surface area contributed by atoms with E-state index in [4.69, 9.17) is 23.7 Å². The average molecular weight is 799 g/mol. The van der Waals surface area contributed by atoms with Crippen LogP contribution in [0.1, 0.15) is 122 Å². The molecule has 1 saturated carbocycles. The molecule has 0 saturated heterocycles. The Hall–Kier alpha value is -5.56. The van der Waals surface area contributed by atoms with Gasteiger partial charge in [-0.1, -0.05) is 128 Å². The summed E-state index contributed by atoms with van der Waals surface area (Å²) in [4.78, 5) is 23.5. The molecular formula is C52H62O7. The van der Waals surface area contributed by atoms with Crippen molar-refractivity contribution in [3.8, 4) is 28.7 Å². The van der Waals surface area contributed by atoms with Crippen LogP contribution in [0, 0.1) is 5.41 Å². The highest BCUT2D eigenvalue weighted by atomic mass is 16.7. The summed E-state index contributed by atoms with van der Waals surface area (Å²) in [7, 11) is 3.43. The minimum atomic E-state index is -0.783. The Labute approximate surface area is 352 Å². The molecule has 1 aliphatic carbocycles. The molecule has 0 atom stereocenters. The maximum Gasteiger partial charge on any atom is 0.519 e. The van der Waals surface area contributed by atoms with Crippen LogP contribution < -0.4 is 23.7 Å². The molecule has 0 aromatic heterocycles. The van der Waals surface area contributed by atoms with Gasteiger partial charge in [0, 0.05) is 17.8 Å². The monoisotopic (exact) mass is 798 g/mol. The summed E-state index contributed by atoms with van der Waals surface area (Å²) >= 11 is 0. The van der Waals surface area contributed by atoms with E-state index in [-0.39, 0.29) is 27.6 Å². The lowest BCUT2D eigenvalue weighted by Gasteiger charge is -2.38. The summed E-state index contributed by atoms with van der Waals surface area (Å²) in [6, 6.07) is 39.7. The van der Waals surface area contributed by atoms with E-state index in [0.717, 1.165) is 29.0 Å². The second-order valence-corrected chi connectivity index (χ2v) is 18.0. The van der Waals surface area contributed by atoms with Gasteiger partial charge in [0.15, 0.2) is 0 Å². The first-order valence-corrected chi connectivity index (χ1v) is 20.6. The van der Waals surface area contributed by atoms with E-state index in [1.165, 1.54) is 55.7 Å². The van der Waals surface area contributed by atoms with Crippen LogP contribution in [0.2, 0.25) is 0 Å². The zero-order chi connectivity index (χ0) is 42.8. The van der Waals surface area contributed by atoms with Gasteiger partial charge in [0.1, 0.15) is 28.7 Å². The maximum absolute atomic E-state index is 12.4. The lowest BCUT2D eigenvalue weighted by atomic mass is 9.65. The standard InChI is InChI=1S/C32H38O5.C20H24O2/c1-22(33)35-26-17-11-24(12-18-26)32(7,8)25-13-19-28(20-14-25)37-29(34)36-27-15-9-23(10-16-27)31(5,6)21-30(2,3)4;1-21-18-10-6-16(7-11-18)20(14-4-3-5-15-20)17-8-12-19(22-2)13-9-17/h9-20H,21H2,1-8H3;6-13H,3-5,14-15H2,1-2H3. The maximum atomic E-state index is 12.4. The topological polar surface area (TPSA) is 80.3 Å². The van der Waals surface area contributed by atoms with E-state index >= 15 is 0 Å². The van der Waals surface area contributed by atoms with Crippen molar-refractivity contribution in [2.24, 2.45) is 5.41 Å². The summed E-state index contributed by atoms with van der Waals surface area (Å²) in [6.45, 7) is 16.7. The molecule has 59 heavy (non-hydrogen) atoms. The Balaban J connectivity index is 0.000000254. The number of hydrogen-bond acceptors (Lipinski definition) is 7. The van der Waals surface area contributed by atoms with Gasteiger partial charge in [-0.15, -0.1) is 0 Å². The van der Waals surface area contributed by atoms with E-state index in [9.17, 15) is 9.59 Å². The second kappa shape index (κ2) is 19.0. The Bertz CT molecular complexity index is 2050. The summed E-state index contributed by atoms with van der Waals surface area (Å²) in [5.41, 5.74) is 6.15. The molecule has 6 rings (SSSR count). The number of methoxy groups -OCH3 is 2. The summed E-state index contributed by atoms with van der Waals surface area (Å²) in [6.07, 6.45) is 6.60. The molecule has 1 aliphatic rings. The largest absolute Gasteiger partial charge is 0.519 e. The van der Waals surface area contributed by atoms with Crippen molar-refractivity contribution < 1.29 is 33.3 Å². The van der Waals surface area contributed by atoms with Gasteiger partial charge in [0.05, 0.1) is 14.2 Å². The van der Waals surface area contributed by atoms with Crippen LogP contribution in [-0.2, 0) is 21.0 Å². The summed E-state index contributed by atoms with van der Waals surface area (Å²) < 4.78 is 26.5. The third-order valence-corrected chi connectivity index (χ3v) is 11.4. The Morgan fingerprint density at radius 2 is 0.847 bits per heavy atom. The first kappa shape index (κ1) is 44.5. The van der Waals surface area contributed by atoms with Gasteiger partial charge in [-0.25, -0.2) is 4.79 Å². The summed E-state index contributed by atoms with van der Waals surface area (Å²) in [5.74, 6) is 2.84. The molecule has 0 amide bonds. The fraction of sp³-hybridized carbons (Fsp3) is 0.385. The summed E-state index contributed by atoms with van der Waals surface area (Å²) in [5, 5.41) is 0. The molecule has 5 aromatic carbocycles. The molecule has 0 unspecified atom stereocenters. The molecule has 0 aliphatic heterocycles. The number of carbonyl (C=O) groups excluding carboxylic acids is 2. The Morgan fingerprint density at radius 1 is 0.492 bits per heavy atom. The van der Waals surface area contributed by atoms with Gasteiger partial charge in [-0.2, -0.15) is 0 Å². The minimum absolute atomic E-state index is 0.0111. The number of ether oxygens (including phenoxy) is 5. The van der Waals surface area contributed by atoms with Crippen LogP contribution in [0.5, 0.6) is 28.7 Å².